The molecule has 1 atom stereocenters. The lowest BCUT2D eigenvalue weighted by molar-refractivity contribution is -0.153. The van der Waals surface area contributed by atoms with E-state index < -0.39 is 11.4 Å². The normalized spacial score (nSPS) is 18.2. The second kappa shape index (κ2) is 13.6. The average molecular weight is 353 g/mol. The van der Waals surface area contributed by atoms with Gasteiger partial charge in [0.05, 0.1) is 5.41 Å². The molecule has 1 aliphatic carbocycles. The molecule has 0 radical (unpaired) electrons. The highest BCUT2D eigenvalue weighted by atomic mass is 16.4. The highest BCUT2D eigenvalue weighted by molar-refractivity contribution is 5.74. The molecule has 1 N–H and O–H groups in total. The van der Waals surface area contributed by atoms with Gasteiger partial charge in [0.1, 0.15) is 0 Å². The Bertz CT molecular complexity index is 333. The summed E-state index contributed by atoms with van der Waals surface area (Å²) in [5, 5.41) is 9.76. The molecule has 25 heavy (non-hydrogen) atoms. The fraction of sp³-hybridized carbons (Fsp3) is 0.957. The van der Waals surface area contributed by atoms with Gasteiger partial charge in [0.15, 0.2) is 0 Å². The summed E-state index contributed by atoms with van der Waals surface area (Å²) >= 11 is 0. The van der Waals surface area contributed by atoms with Gasteiger partial charge in [0, 0.05) is 0 Å². The predicted octanol–water partition coefficient (Wildman–Crippen LogP) is 7.75. The monoisotopic (exact) mass is 352 g/mol. The minimum atomic E-state index is -0.553. The molecule has 1 aliphatic rings. The van der Waals surface area contributed by atoms with E-state index in [1.807, 2.05) is 6.92 Å². The molecule has 1 fully saturated rings. The number of hydrogen-bond acceptors (Lipinski definition) is 1. The van der Waals surface area contributed by atoms with Gasteiger partial charge in [-0.2, -0.15) is 0 Å². The summed E-state index contributed by atoms with van der Waals surface area (Å²) in [4.78, 5) is 11.9. The summed E-state index contributed by atoms with van der Waals surface area (Å²) in [6, 6.07) is 0. The van der Waals surface area contributed by atoms with Gasteiger partial charge in [0.2, 0.25) is 0 Å². The molecule has 2 nitrogen and oxygen atoms in total. The molecule has 0 bridgehead atoms. The second-order valence-corrected chi connectivity index (χ2v) is 8.70. The quantitative estimate of drug-likeness (QED) is 0.306. The van der Waals surface area contributed by atoms with Crippen molar-refractivity contribution in [2.45, 2.75) is 129 Å². The number of carbonyl (C=O) groups is 1. The van der Waals surface area contributed by atoms with E-state index in [9.17, 15) is 9.90 Å². The average Bonchev–Trinajstić information content (AvgIpc) is 2.63. The lowest BCUT2D eigenvalue weighted by Crippen LogP contribution is -2.37. The first-order chi connectivity index (χ1) is 12.1. The highest BCUT2D eigenvalue weighted by Gasteiger charge is 2.40. The Balaban J connectivity index is 2.04. The summed E-state index contributed by atoms with van der Waals surface area (Å²) in [5.41, 5.74) is -0.473. The summed E-state index contributed by atoms with van der Waals surface area (Å²) in [6.45, 7) is 4.29. The first-order valence-electron chi connectivity index (χ1n) is 11.3. The van der Waals surface area contributed by atoms with Crippen LogP contribution in [-0.4, -0.2) is 11.1 Å². The van der Waals surface area contributed by atoms with Gasteiger partial charge in [-0.25, -0.2) is 0 Å². The van der Waals surface area contributed by atoms with Crippen molar-refractivity contribution >= 4 is 5.97 Å². The van der Waals surface area contributed by atoms with Gasteiger partial charge in [0.25, 0.3) is 0 Å². The van der Waals surface area contributed by atoms with Crippen molar-refractivity contribution in [1.29, 1.82) is 0 Å². The minimum absolute atomic E-state index is 0.409. The van der Waals surface area contributed by atoms with Crippen LogP contribution in [0.3, 0.4) is 0 Å². The molecule has 0 spiro atoms. The van der Waals surface area contributed by atoms with Crippen LogP contribution in [0.1, 0.15) is 129 Å². The number of unbranched alkanes of at least 4 members (excludes halogenated alkanes) is 11. The van der Waals surface area contributed by atoms with Gasteiger partial charge in [-0.1, -0.05) is 103 Å². The van der Waals surface area contributed by atoms with Crippen molar-refractivity contribution in [3.05, 3.63) is 0 Å². The van der Waals surface area contributed by atoms with Crippen LogP contribution < -0.4 is 0 Å². The fourth-order valence-electron chi connectivity index (χ4n) is 4.56. The molecule has 0 aromatic rings. The van der Waals surface area contributed by atoms with E-state index in [1.165, 1.54) is 89.9 Å². The van der Waals surface area contributed by atoms with Crippen LogP contribution in [-0.2, 0) is 4.79 Å². The van der Waals surface area contributed by atoms with E-state index in [4.69, 9.17) is 0 Å². The van der Waals surface area contributed by atoms with Crippen molar-refractivity contribution in [1.82, 2.24) is 0 Å². The van der Waals surface area contributed by atoms with Gasteiger partial charge in [-0.3, -0.25) is 4.79 Å². The standard InChI is InChI=1S/C23H44O2/c1-3-4-5-6-7-8-9-10-11-12-13-17-20-23(2,22(24)25)21-18-15-14-16-19-21/h21H,3-20H2,1-2H3,(H,24,25). The summed E-state index contributed by atoms with van der Waals surface area (Å²) in [5.74, 6) is -0.145. The van der Waals surface area contributed by atoms with Crippen molar-refractivity contribution in [3.63, 3.8) is 0 Å². The molecule has 0 amide bonds. The van der Waals surface area contributed by atoms with Crippen molar-refractivity contribution in [2.24, 2.45) is 11.3 Å². The Kier molecular flexibility index (Phi) is 12.3. The number of hydrogen-bond donors (Lipinski definition) is 1. The summed E-state index contributed by atoms with van der Waals surface area (Å²) in [6.07, 6.45) is 23.0. The molecule has 1 unspecified atom stereocenters. The molecule has 1 saturated carbocycles. The number of carboxylic acid groups (broad SMARTS) is 1. The molecule has 0 aromatic carbocycles. The van der Waals surface area contributed by atoms with Crippen LogP contribution in [0, 0.1) is 11.3 Å². The van der Waals surface area contributed by atoms with Crippen LogP contribution >= 0.6 is 0 Å². The molecule has 0 saturated heterocycles. The molecular weight excluding hydrogens is 308 g/mol. The van der Waals surface area contributed by atoms with E-state index in [0.29, 0.717) is 5.92 Å². The van der Waals surface area contributed by atoms with E-state index in [-0.39, 0.29) is 0 Å². The largest absolute Gasteiger partial charge is 0.481 e. The van der Waals surface area contributed by atoms with Gasteiger partial charge >= 0.3 is 5.97 Å². The zero-order valence-corrected chi connectivity index (χ0v) is 17.2. The Morgan fingerprint density at radius 2 is 1.24 bits per heavy atom. The first kappa shape index (κ1) is 22.5. The summed E-state index contributed by atoms with van der Waals surface area (Å²) < 4.78 is 0. The second-order valence-electron chi connectivity index (χ2n) is 8.70. The van der Waals surface area contributed by atoms with E-state index in [1.54, 1.807) is 0 Å². The number of aliphatic carboxylic acids is 1. The van der Waals surface area contributed by atoms with Crippen LogP contribution in [0.15, 0.2) is 0 Å². The zero-order chi connectivity index (χ0) is 18.4. The zero-order valence-electron chi connectivity index (χ0n) is 17.2. The Labute approximate surface area is 157 Å². The van der Waals surface area contributed by atoms with Gasteiger partial charge in [-0.05, 0) is 32.1 Å². The van der Waals surface area contributed by atoms with E-state index >= 15 is 0 Å². The topological polar surface area (TPSA) is 37.3 Å². The fourth-order valence-corrected chi connectivity index (χ4v) is 4.56. The number of rotatable bonds is 15. The van der Waals surface area contributed by atoms with Gasteiger partial charge in [-0.15, -0.1) is 0 Å². The molecule has 0 heterocycles. The van der Waals surface area contributed by atoms with Crippen molar-refractivity contribution in [2.75, 3.05) is 0 Å². The number of carboxylic acids is 1. The Morgan fingerprint density at radius 1 is 0.800 bits per heavy atom. The van der Waals surface area contributed by atoms with Crippen molar-refractivity contribution < 1.29 is 9.90 Å². The molecule has 148 valence electrons. The molecular formula is C23H44O2. The maximum Gasteiger partial charge on any atom is 0.309 e. The van der Waals surface area contributed by atoms with Crippen LogP contribution in [0.5, 0.6) is 0 Å². The minimum Gasteiger partial charge on any atom is -0.481 e. The van der Waals surface area contributed by atoms with Crippen LogP contribution in [0.2, 0.25) is 0 Å². The predicted molar refractivity (Wildman–Crippen MR) is 108 cm³/mol. The maximum atomic E-state index is 11.9. The SMILES string of the molecule is CCCCCCCCCCCCCCC(C)(C(=O)O)C1CCCCC1. The first-order valence-corrected chi connectivity index (χ1v) is 11.3. The van der Waals surface area contributed by atoms with Crippen LogP contribution in [0.4, 0.5) is 0 Å². The lowest BCUT2D eigenvalue weighted by Gasteiger charge is -2.36. The third kappa shape index (κ3) is 9.11. The Hall–Kier alpha value is -0.530. The third-order valence-corrected chi connectivity index (χ3v) is 6.54. The molecule has 2 heteroatoms. The van der Waals surface area contributed by atoms with Crippen molar-refractivity contribution in [3.8, 4) is 0 Å². The van der Waals surface area contributed by atoms with Gasteiger partial charge < -0.3 is 5.11 Å². The van der Waals surface area contributed by atoms with Crippen LogP contribution in [0.25, 0.3) is 0 Å². The highest BCUT2D eigenvalue weighted by Crippen LogP contribution is 2.42. The molecule has 0 aromatic heterocycles. The molecule has 0 aliphatic heterocycles. The van der Waals surface area contributed by atoms with E-state index in [0.717, 1.165) is 25.7 Å². The Morgan fingerprint density at radius 3 is 1.68 bits per heavy atom. The maximum absolute atomic E-state index is 11.9. The lowest BCUT2D eigenvalue weighted by atomic mass is 9.67. The third-order valence-electron chi connectivity index (χ3n) is 6.54. The smallest absolute Gasteiger partial charge is 0.309 e. The molecule has 1 rings (SSSR count). The summed E-state index contributed by atoms with van der Waals surface area (Å²) in [7, 11) is 0. The van der Waals surface area contributed by atoms with E-state index in [2.05, 4.69) is 6.92 Å².